The Morgan fingerprint density at radius 1 is 1.35 bits per heavy atom. The molecule has 1 aromatic carbocycles. The summed E-state index contributed by atoms with van der Waals surface area (Å²) >= 11 is 6.22. The van der Waals surface area contributed by atoms with Gasteiger partial charge in [0.25, 0.3) is 0 Å². The molecule has 0 fully saturated rings. The van der Waals surface area contributed by atoms with Crippen LogP contribution in [0.1, 0.15) is 32.4 Å². The highest BCUT2D eigenvalue weighted by Crippen LogP contribution is 2.33. The number of halogens is 1. The molecule has 0 saturated heterocycles. The molecular formula is C12H17BClNO2. The highest BCUT2D eigenvalue weighted by atomic mass is 35.5. The van der Waals surface area contributed by atoms with E-state index in [0.29, 0.717) is 35.2 Å². The predicted molar refractivity (Wildman–Crippen MR) is 71.8 cm³/mol. The molecule has 2 N–H and O–H groups in total. The maximum Gasteiger partial charge on any atom is 0.134 e. The highest BCUT2D eigenvalue weighted by Gasteiger charge is 2.17. The van der Waals surface area contributed by atoms with E-state index in [1.165, 1.54) is 0 Å². The van der Waals surface area contributed by atoms with Crippen LogP contribution in [0.2, 0.25) is 5.02 Å². The molecule has 0 aliphatic carbocycles. The third-order valence-electron chi connectivity index (χ3n) is 2.33. The van der Waals surface area contributed by atoms with Crippen molar-refractivity contribution in [3.8, 4) is 11.5 Å². The van der Waals surface area contributed by atoms with E-state index >= 15 is 0 Å². The van der Waals surface area contributed by atoms with Gasteiger partial charge in [-0.25, -0.2) is 0 Å². The van der Waals surface area contributed by atoms with Crippen LogP contribution in [0.4, 0.5) is 0 Å². The van der Waals surface area contributed by atoms with Gasteiger partial charge in [-0.2, -0.15) is 0 Å². The molecule has 17 heavy (non-hydrogen) atoms. The van der Waals surface area contributed by atoms with Crippen molar-refractivity contribution in [1.82, 2.24) is 0 Å². The Labute approximate surface area is 109 Å². The maximum absolute atomic E-state index is 6.22. The van der Waals surface area contributed by atoms with Gasteiger partial charge in [-0.15, -0.1) is 0 Å². The zero-order valence-electron chi connectivity index (χ0n) is 10.4. The second-order valence-electron chi connectivity index (χ2n) is 3.68. The van der Waals surface area contributed by atoms with Crippen LogP contribution in [-0.4, -0.2) is 21.1 Å². The molecule has 0 aliphatic rings. The predicted octanol–water partition coefficient (Wildman–Crippen LogP) is 1.95. The number of hydrogen-bond acceptors (Lipinski definition) is 3. The zero-order valence-corrected chi connectivity index (χ0v) is 11.2. The van der Waals surface area contributed by atoms with Crippen LogP contribution in [0.5, 0.6) is 11.5 Å². The summed E-state index contributed by atoms with van der Waals surface area (Å²) in [7, 11) is 5.95. The number of hydrogen-bond donors (Lipinski definition) is 1. The molecule has 5 heteroatoms. The lowest BCUT2D eigenvalue weighted by Gasteiger charge is -2.19. The topological polar surface area (TPSA) is 44.5 Å². The fourth-order valence-corrected chi connectivity index (χ4v) is 1.92. The first-order chi connectivity index (χ1) is 8.02. The van der Waals surface area contributed by atoms with Crippen molar-refractivity contribution < 1.29 is 9.47 Å². The van der Waals surface area contributed by atoms with Gasteiger partial charge in [0.2, 0.25) is 0 Å². The molecular weight excluding hydrogens is 236 g/mol. The zero-order chi connectivity index (χ0) is 13.0. The summed E-state index contributed by atoms with van der Waals surface area (Å²) in [6.45, 7) is 6.62. The molecule has 1 atom stereocenters. The Hall–Kier alpha value is -0.865. The van der Waals surface area contributed by atoms with Crippen LogP contribution in [0.3, 0.4) is 0 Å². The summed E-state index contributed by atoms with van der Waals surface area (Å²) in [6, 6.07) is 1.57. The Morgan fingerprint density at radius 3 is 2.41 bits per heavy atom. The smallest absolute Gasteiger partial charge is 0.134 e. The molecule has 2 radical (unpaired) electrons. The lowest BCUT2D eigenvalue weighted by molar-refractivity contribution is 0.327. The molecule has 0 saturated carbocycles. The normalized spacial score (nSPS) is 12.3. The molecule has 0 aromatic heterocycles. The molecule has 0 aliphatic heterocycles. The first-order valence-corrected chi connectivity index (χ1v) is 6.03. The summed E-state index contributed by atoms with van der Waals surface area (Å²) in [5, 5.41) is 0.461. The standard InChI is InChI=1S/C12H17BClNO2/c1-4-16-9-6-8(7(3)15)11(14)12(10(9)13)17-5-2/h6-7H,4-5,15H2,1-3H3/t7-/m1/s1. The minimum Gasteiger partial charge on any atom is -0.494 e. The SMILES string of the molecule is [B]c1c(OCC)cc([C@@H](C)N)c(Cl)c1OCC. The number of benzene rings is 1. The van der Waals surface area contributed by atoms with Crippen molar-refractivity contribution >= 4 is 24.9 Å². The van der Waals surface area contributed by atoms with Crippen molar-refractivity contribution in [2.75, 3.05) is 13.2 Å². The van der Waals surface area contributed by atoms with E-state index in [4.69, 9.17) is 34.7 Å². The summed E-state index contributed by atoms with van der Waals surface area (Å²) in [6.07, 6.45) is 0. The van der Waals surface area contributed by atoms with Gasteiger partial charge < -0.3 is 15.2 Å². The Bertz CT molecular complexity index is 397. The summed E-state index contributed by atoms with van der Waals surface area (Å²) < 4.78 is 10.9. The summed E-state index contributed by atoms with van der Waals surface area (Å²) in [4.78, 5) is 0. The molecule has 0 spiro atoms. The van der Waals surface area contributed by atoms with Crippen molar-refractivity contribution in [3.63, 3.8) is 0 Å². The van der Waals surface area contributed by atoms with E-state index in [1.54, 1.807) is 6.07 Å². The Balaban J connectivity index is 3.34. The fourth-order valence-electron chi connectivity index (χ4n) is 1.54. The molecule has 0 unspecified atom stereocenters. The van der Waals surface area contributed by atoms with E-state index in [-0.39, 0.29) is 6.04 Å². The third-order valence-corrected chi connectivity index (χ3v) is 2.72. The van der Waals surface area contributed by atoms with E-state index in [1.807, 2.05) is 20.8 Å². The molecule has 0 bridgehead atoms. The second kappa shape index (κ2) is 6.17. The minimum atomic E-state index is -0.207. The molecule has 0 heterocycles. The number of nitrogens with two attached hydrogens (primary N) is 1. The van der Waals surface area contributed by atoms with Gasteiger partial charge >= 0.3 is 0 Å². The number of ether oxygens (including phenoxy) is 2. The first-order valence-electron chi connectivity index (χ1n) is 5.65. The van der Waals surface area contributed by atoms with E-state index < -0.39 is 0 Å². The molecule has 1 rings (SSSR count). The van der Waals surface area contributed by atoms with Gasteiger partial charge in [-0.3, -0.25) is 0 Å². The van der Waals surface area contributed by atoms with E-state index in [0.717, 1.165) is 5.56 Å². The second-order valence-corrected chi connectivity index (χ2v) is 4.05. The highest BCUT2D eigenvalue weighted by molar-refractivity contribution is 6.41. The van der Waals surface area contributed by atoms with Crippen LogP contribution < -0.4 is 20.7 Å². The molecule has 92 valence electrons. The van der Waals surface area contributed by atoms with Crippen molar-refractivity contribution in [2.24, 2.45) is 5.73 Å². The largest absolute Gasteiger partial charge is 0.494 e. The first kappa shape index (κ1) is 14.2. The molecule has 1 aromatic rings. The van der Waals surface area contributed by atoms with Crippen LogP contribution in [0.15, 0.2) is 6.07 Å². The van der Waals surface area contributed by atoms with Crippen molar-refractivity contribution in [2.45, 2.75) is 26.8 Å². The molecule has 0 amide bonds. The quantitative estimate of drug-likeness (QED) is 0.816. The third kappa shape index (κ3) is 3.08. The van der Waals surface area contributed by atoms with E-state index in [9.17, 15) is 0 Å². The van der Waals surface area contributed by atoms with Crippen molar-refractivity contribution in [1.29, 1.82) is 0 Å². The maximum atomic E-state index is 6.22. The summed E-state index contributed by atoms with van der Waals surface area (Å²) in [5.74, 6) is 1.01. The minimum absolute atomic E-state index is 0.207. The lowest BCUT2D eigenvalue weighted by atomic mass is 9.91. The molecule has 3 nitrogen and oxygen atoms in total. The van der Waals surface area contributed by atoms with Gasteiger partial charge in [0.15, 0.2) is 0 Å². The average Bonchev–Trinajstić information content (AvgIpc) is 2.27. The average molecular weight is 254 g/mol. The van der Waals surface area contributed by atoms with Crippen LogP contribution >= 0.6 is 11.6 Å². The Kier molecular flexibility index (Phi) is 5.15. The van der Waals surface area contributed by atoms with Gasteiger partial charge in [-0.1, -0.05) is 11.6 Å². The van der Waals surface area contributed by atoms with Gasteiger partial charge in [0, 0.05) is 6.04 Å². The van der Waals surface area contributed by atoms with Crippen LogP contribution in [0.25, 0.3) is 0 Å². The Morgan fingerprint density at radius 2 is 1.94 bits per heavy atom. The van der Waals surface area contributed by atoms with Gasteiger partial charge in [-0.05, 0) is 37.9 Å². The van der Waals surface area contributed by atoms with Crippen LogP contribution in [0, 0.1) is 0 Å². The van der Waals surface area contributed by atoms with E-state index in [2.05, 4.69) is 0 Å². The lowest BCUT2D eigenvalue weighted by Crippen LogP contribution is -2.17. The van der Waals surface area contributed by atoms with Crippen LogP contribution in [-0.2, 0) is 0 Å². The van der Waals surface area contributed by atoms with Gasteiger partial charge in [0.05, 0.1) is 18.2 Å². The monoisotopic (exact) mass is 253 g/mol. The van der Waals surface area contributed by atoms with Gasteiger partial charge in [0.1, 0.15) is 19.3 Å². The fraction of sp³-hybridized carbons (Fsp3) is 0.500. The summed E-state index contributed by atoms with van der Waals surface area (Å²) in [5.41, 5.74) is 7.05. The van der Waals surface area contributed by atoms with Crippen molar-refractivity contribution in [3.05, 3.63) is 16.7 Å². The number of rotatable bonds is 5.